The van der Waals surface area contributed by atoms with Crippen LogP contribution in [0.2, 0.25) is 0 Å². The summed E-state index contributed by atoms with van der Waals surface area (Å²) in [6.45, 7) is 4.16. The van der Waals surface area contributed by atoms with Gasteiger partial charge in [-0.25, -0.2) is 0 Å². The average Bonchev–Trinajstić information content (AvgIpc) is 3.25. The number of nitrogens with one attached hydrogen (secondary N) is 1. The number of amides is 1. The van der Waals surface area contributed by atoms with Crippen molar-refractivity contribution in [2.24, 2.45) is 0 Å². The summed E-state index contributed by atoms with van der Waals surface area (Å²) in [7, 11) is 0. The van der Waals surface area contributed by atoms with Crippen LogP contribution >= 0.6 is 0 Å². The lowest BCUT2D eigenvalue weighted by atomic mass is 9.97. The van der Waals surface area contributed by atoms with Crippen LogP contribution in [0, 0.1) is 0 Å². The van der Waals surface area contributed by atoms with Gasteiger partial charge in [-0.2, -0.15) is 4.98 Å². The summed E-state index contributed by atoms with van der Waals surface area (Å²) in [6, 6.07) is 11.7. The highest BCUT2D eigenvalue weighted by Crippen LogP contribution is 2.28. The van der Waals surface area contributed by atoms with Gasteiger partial charge in [0, 0.05) is 29.6 Å². The molecule has 1 aliphatic rings. The summed E-state index contributed by atoms with van der Waals surface area (Å²) in [5.41, 5.74) is 2.96. The van der Waals surface area contributed by atoms with E-state index in [2.05, 4.69) is 32.3 Å². The number of rotatable bonds is 6. The first-order chi connectivity index (χ1) is 14.2. The second-order valence-electron chi connectivity index (χ2n) is 7.30. The van der Waals surface area contributed by atoms with E-state index in [-0.39, 0.29) is 11.8 Å². The lowest BCUT2D eigenvalue weighted by Gasteiger charge is -2.29. The van der Waals surface area contributed by atoms with E-state index in [4.69, 9.17) is 4.52 Å². The van der Waals surface area contributed by atoms with E-state index in [0.29, 0.717) is 18.3 Å². The lowest BCUT2D eigenvalue weighted by Crippen LogP contribution is -2.38. The van der Waals surface area contributed by atoms with Crippen molar-refractivity contribution in [2.75, 3.05) is 25.0 Å². The van der Waals surface area contributed by atoms with Gasteiger partial charge in [-0.15, -0.1) is 0 Å². The molecule has 3 aromatic rings. The molecule has 0 unspecified atom stereocenters. The normalized spacial score (nSPS) is 15.3. The highest BCUT2D eigenvalue weighted by Gasteiger charge is 2.26. The Morgan fingerprint density at radius 3 is 2.69 bits per heavy atom. The Morgan fingerprint density at radius 1 is 1.17 bits per heavy atom. The number of benzene rings is 1. The van der Waals surface area contributed by atoms with Gasteiger partial charge in [0.1, 0.15) is 0 Å². The molecule has 7 nitrogen and oxygen atoms in total. The van der Waals surface area contributed by atoms with E-state index in [0.717, 1.165) is 49.2 Å². The molecule has 1 N–H and O–H groups in total. The smallest absolute Gasteiger partial charge is 0.238 e. The fourth-order valence-corrected chi connectivity index (χ4v) is 3.70. The summed E-state index contributed by atoms with van der Waals surface area (Å²) < 4.78 is 5.50. The zero-order valence-corrected chi connectivity index (χ0v) is 16.5. The summed E-state index contributed by atoms with van der Waals surface area (Å²) in [6.07, 6.45) is 6.13. The molecule has 3 heterocycles. The summed E-state index contributed by atoms with van der Waals surface area (Å²) >= 11 is 0. The molecule has 0 atom stereocenters. The maximum Gasteiger partial charge on any atom is 0.238 e. The van der Waals surface area contributed by atoms with Crippen LogP contribution in [0.5, 0.6) is 0 Å². The number of hydrogen-bond acceptors (Lipinski definition) is 6. The van der Waals surface area contributed by atoms with Gasteiger partial charge in [-0.1, -0.05) is 30.3 Å². The molecule has 0 bridgehead atoms. The number of pyridine rings is 1. The zero-order valence-electron chi connectivity index (χ0n) is 16.5. The lowest BCUT2D eigenvalue weighted by molar-refractivity contribution is -0.117. The number of carbonyl (C=O) groups excluding carboxylic acids is 1. The third-order valence-electron chi connectivity index (χ3n) is 5.36. The number of aromatic nitrogens is 3. The van der Waals surface area contributed by atoms with E-state index in [1.165, 1.54) is 0 Å². The Bertz CT molecular complexity index is 949. The number of likely N-dealkylation sites (tertiary alicyclic amines) is 1. The molecule has 0 aliphatic carbocycles. The Kier molecular flexibility index (Phi) is 5.95. The third-order valence-corrected chi connectivity index (χ3v) is 5.36. The summed E-state index contributed by atoms with van der Waals surface area (Å²) in [4.78, 5) is 23.2. The predicted octanol–water partition coefficient (Wildman–Crippen LogP) is 3.51. The molecule has 150 valence electrons. The first kappa shape index (κ1) is 19.3. The molecule has 29 heavy (non-hydrogen) atoms. The van der Waals surface area contributed by atoms with Crippen molar-refractivity contribution in [1.29, 1.82) is 0 Å². The molecule has 0 radical (unpaired) electrons. The zero-order chi connectivity index (χ0) is 20.1. The number of anilines is 1. The Morgan fingerprint density at radius 2 is 1.93 bits per heavy atom. The number of para-hydroxylation sites is 1. The minimum absolute atomic E-state index is 0.0297. The molecule has 1 fully saturated rings. The number of nitrogens with zero attached hydrogens (tertiary/aromatic N) is 4. The van der Waals surface area contributed by atoms with E-state index in [1.807, 2.05) is 36.4 Å². The summed E-state index contributed by atoms with van der Waals surface area (Å²) in [5.74, 6) is 1.54. The Balaban J connectivity index is 1.29. The standard InChI is InChI=1S/C22H25N5O2/c1-2-16-5-3-4-6-19(16)24-20(28)15-27-13-9-18(10-14-27)22-25-21(26-29-22)17-7-11-23-12-8-17/h3-8,11-12,18H,2,9-10,13-15H2,1H3,(H,24,28). The van der Waals surface area contributed by atoms with Gasteiger partial charge in [-0.3, -0.25) is 14.7 Å². The van der Waals surface area contributed by atoms with Crippen molar-refractivity contribution in [3.63, 3.8) is 0 Å². The highest BCUT2D eigenvalue weighted by atomic mass is 16.5. The van der Waals surface area contributed by atoms with Crippen LogP contribution in [-0.2, 0) is 11.2 Å². The van der Waals surface area contributed by atoms with Crippen molar-refractivity contribution >= 4 is 11.6 Å². The van der Waals surface area contributed by atoms with Gasteiger partial charge in [0.25, 0.3) is 0 Å². The SMILES string of the molecule is CCc1ccccc1NC(=O)CN1CCC(c2nc(-c3ccncc3)no2)CC1. The monoisotopic (exact) mass is 391 g/mol. The van der Waals surface area contributed by atoms with E-state index >= 15 is 0 Å². The van der Waals surface area contributed by atoms with Crippen LogP contribution in [-0.4, -0.2) is 45.6 Å². The maximum absolute atomic E-state index is 12.5. The Hall–Kier alpha value is -3.06. The van der Waals surface area contributed by atoms with E-state index in [1.54, 1.807) is 12.4 Å². The van der Waals surface area contributed by atoms with Gasteiger partial charge >= 0.3 is 0 Å². The fraction of sp³-hybridized carbons (Fsp3) is 0.364. The van der Waals surface area contributed by atoms with Crippen LogP contribution in [0.3, 0.4) is 0 Å². The number of hydrogen-bond donors (Lipinski definition) is 1. The molecule has 1 aliphatic heterocycles. The topological polar surface area (TPSA) is 84.2 Å². The van der Waals surface area contributed by atoms with Crippen molar-refractivity contribution in [3.8, 4) is 11.4 Å². The Labute approximate surface area is 170 Å². The molecule has 0 spiro atoms. The van der Waals surface area contributed by atoms with Crippen LogP contribution in [0.4, 0.5) is 5.69 Å². The van der Waals surface area contributed by atoms with Crippen LogP contribution in [0.15, 0.2) is 53.3 Å². The molecule has 4 rings (SSSR count). The van der Waals surface area contributed by atoms with Crippen molar-refractivity contribution in [1.82, 2.24) is 20.0 Å². The van der Waals surface area contributed by atoms with Gasteiger partial charge < -0.3 is 9.84 Å². The first-order valence-corrected chi connectivity index (χ1v) is 10.1. The second kappa shape index (κ2) is 8.96. The maximum atomic E-state index is 12.5. The number of carbonyl (C=O) groups is 1. The molecule has 7 heteroatoms. The van der Waals surface area contributed by atoms with Crippen LogP contribution < -0.4 is 5.32 Å². The van der Waals surface area contributed by atoms with E-state index in [9.17, 15) is 4.79 Å². The number of piperidine rings is 1. The largest absolute Gasteiger partial charge is 0.339 e. The van der Waals surface area contributed by atoms with Gasteiger partial charge in [0.05, 0.1) is 6.54 Å². The molecule has 1 saturated heterocycles. The third kappa shape index (κ3) is 4.68. The first-order valence-electron chi connectivity index (χ1n) is 10.1. The molecular formula is C22H25N5O2. The predicted molar refractivity (Wildman–Crippen MR) is 110 cm³/mol. The van der Waals surface area contributed by atoms with E-state index < -0.39 is 0 Å². The average molecular weight is 391 g/mol. The van der Waals surface area contributed by atoms with Crippen molar-refractivity contribution < 1.29 is 9.32 Å². The minimum Gasteiger partial charge on any atom is -0.339 e. The quantitative estimate of drug-likeness (QED) is 0.692. The molecule has 1 amide bonds. The molecule has 2 aromatic heterocycles. The van der Waals surface area contributed by atoms with Gasteiger partial charge in [-0.05, 0) is 56.1 Å². The molecule has 1 aromatic carbocycles. The van der Waals surface area contributed by atoms with Gasteiger partial charge in [0.15, 0.2) is 0 Å². The van der Waals surface area contributed by atoms with Crippen LogP contribution in [0.25, 0.3) is 11.4 Å². The summed E-state index contributed by atoms with van der Waals surface area (Å²) in [5, 5.41) is 7.15. The highest BCUT2D eigenvalue weighted by molar-refractivity contribution is 5.93. The number of aryl methyl sites for hydroxylation is 1. The molecule has 0 saturated carbocycles. The van der Waals surface area contributed by atoms with Crippen LogP contribution in [0.1, 0.15) is 37.1 Å². The minimum atomic E-state index is 0.0297. The fourth-order valence-electron chi connectivity index (χ4n) is 3.70. The second-order valence-corrected chi connectivity index (χ2v) is 7.30. The van der Waals surface area contributed by atoms with Crippen molar-refractivity contribution in [3.05, 3.63) is 60.2 Å². The van der Waals surface area contributed by atoms with Crippen molar-refractivity contribution in [2.45, 2.75) is 32.1 Å². The molecular weight excluding hydrogens is 366 g/mol. The van der Waals surface area contributed by atoms with Gasteiger partial charge in [0.2, 0.25) is 17.6 Å².